The molecule has 0 aromatic carbocycles. The number of oxime groups is 1. The molecule has 0 amide bonds. The molecule has 0 spiro atoms. The van der Waals surface area contributed by atoms with Crippen molar-refractivity contribution >= 4 is 16.0 Å². The molecular formula is C5H9NOSi. The van der Waals surface area contributed by atoms with Crippen LogP contribution in [0.4, 0.5) is 0 Å². The average Bonchev–Trinajstić information content (AvgIpc) is 1.69. The molecule has 44 valence electrons. The van der Waals surface area contributed by atoms with E-state index in [1.165, 1.54) is 6.08 Å². The lowest BCUT2D eigenvalue weighted by atomic mass is 10.4. The molecular weight excluding hydrogens is 118 g/mol. The zero-order valence-corrected chi connectivity index (χ0v) is 6.89. The van der Waals surface area contributed by atoms with Gasteiger partial charge in [0.1, 0.15) is 0 Å². The van der Waals surface area contributed by atoms with Crippen LogP contribution in [0.2, 0.25) is 0 Å². The summed E-state index contributed by atoms with van der Waals surface area (Å²) in [4.78, 5) is 0. The van der Waals surface area contributed by atoms with Gasteiger partial charge in [0.15, 0.2) is 0 Å². The molecule has 0 bridgehead atoms. The number of hydrogen-bond acceptors (Lipinski definition) is 2. The van der Waals surface area contributed by atoms with E-state index in [1.54, 1.807) is 0 Å². The predicted molar refractivity (Wildman–Crippen MR) is 38.5 cm³/mol. The Morgan fingerprint density at radius 2 is 2.25 bits per heavy atom. The molecule has 0 radical (unpaired) electrons. The summed E-state index contributed by atoms with van der Waals surface area (Å²) in [6, 6.07) is 0. The number of rotatable bonds is 2. The molecule has 0 rings (SSSR count). The SMILES string of the molecule is C=CC(=NO)C(=C)[SiH3]. The minimum absolute atomic E-state index is 0.497. The van der Waals surface area contributed by atoms with Crippen molar-refractivity contribution in [1.29, 1.82) is 0 Å². The van der Waals surface area contributed by atoms with Gasteiger partial charge in [-0.05, 0) is 11.3 Å². The lowest BCUT2D eigenvalue weighted by Crippen LogP contribution is -1.95. The molecule has 3 heteroatoms. The van der Waals surface area contributed by atoms with E-state index >= 15 is 0 Å². The molecule has 0 aliphatic carbocycles. The summed E-state index contributed by atoms with van der Waals surface area (Å²) < 4.78 is 0. The Bertz CT molecular complexity index is 139. The zero-order chi connectivity index (χ0) is 6.57. The van der Waals surface area contributed by atoms with Crippen LogP contribution in [0.25, 0.3) is 0 Å². The van der Waals surface area contributed by atoms with Crippen molar-refractivity contribution in [3.05, 3.63) is 24.4 Å². The van der Waals surface area contributed by atoms with Gasteiger partial charge in [0, 0.05) is 10.2 Å². The summed E-state index contributed by atoms with van der Waals surface area (Å²) in [5.41, 5.74) is 0.497. The fourth-order valence-corrected chi connectivity index (χ4v) is 0.605. The summed E-state index contributed by atoms with van der Waals surface area (Å²) >= 11 is 0. The topological polar surface area (TPSA) is 32.6 Å². The second-order valence-corrected chi connectivity index (χ2v) is 2.68. The van der Waals surface area contributed by atoms with E-state index in [9.17, 15) is 0 Å². The zero-order valence-electron chi connectivity index (χ0n) is 4.89. The van der Waals surface area contributed by atoms with Crippen molar-refractivity contribution in [1.82, 2.24) is 0 Å². The molecule has 0 aliphatic heterocycles. The summed E-state index contributed by atoms with van der Waals surface area (Å²) in [5, 5.41) is 12.0. The van der Waals surface area contributed by atoms with Crippen LogP contribution in [0.5, 0.6) is 0 Å². The van der Waals surface area contributed by atoms with E-state index < -0.39 is 0 Å². The minimum Gasteiger partial charge on any atom is -0.410 e. The molecule has 0 aliphatic rings. The lowest BCUT2D eigenvalue weighted by Gasteiger charge is -1.90. The molecule has 0 fully saturated rings. The fourth-order valence-electron chi connectivity index (χ4n) is 0.300. The first kappa shape index (κ1) is 7.17. The first-order valence-electron chi connectivity index (χ1n) is 2.22. The Hall–Kier alpha value is -0.833. The van der Waals surface area contributed by atoms with Gasteiger partial charge in [0.05, 0.1) is 5.71 Å². The first-order valence-corrected chi connectivity index (χ1v) is 3.22. The largest absolute Gasteiger partial charge is 0.410 e. The fraction of sp³-hybridized carbons (Fsp3) is 0. The normalized spacial score (nSPS) is 11.2. The number of allylic oxidation sites excluding steroid dienone is 2. The molecule has 0 saturated carbocycles. The van der Waals surface area contributed by atoms with Gasteiger partial charge in [-0.25, -0.2) is 0 Å². The van der Waals surface area contributed by atoms with Crippen LogP contribution in [0.15, 0.2) is 29.6 Å². The smallest absolute Gasteiger partial charge is 0.0992 e. The maximum atomic E-state index is 8.17. The summed E-state index contributed by atoms with van der Waals surface area (Å²) in [5.74, 6) is 0. The maximum Gasteiger partial charge on any atom is 0.0992 e. The van der Waals surface area contributed by atoms with Crippen LogP contribution < -0.4 is 0 Å². The third-order valence-electron chi connectivity index (χ3n) is 0.738. The first-order chi connectivity index (χ1) is 3.72. The molecule has 2 nitrogen and oxygen atoms in total. The minimum atomic E-state index is 0.497. The molecule has 1 N–H and O–H groups in total. The van der Waals surface area contributed by atoms with Crippen molar-refractivity contribution in [2.24, 2.45) is 5.16 Å². The van der Waals surface area contributed by atoms with Crippen LogP contribution in [0.3, 0.4) is 0 Å². The van der Waals surface area contributed by atoms with Crippen molar-refractivity contribution < 1.29 is 5.21 Å². The van der Waals surface area contributed by atoms with Crippen LogP contribution in [-0.4, -0.2) is 21.2 Å². The Morgan fingerprint density at radius 1 is 1.75 bits per heavy atom. The van der Waals surface area contributed by atoms with E-state index in [1.807, 2.05) is 0 Å². The summed E-state index contributed by atoms with van der Waals surface area (Å²) in [6.07, 6.45) is 1.48. The average molecular weight is 127 g/mol. The summed E-state index contributed by atoms with van der Waals surface area (Å²) in [7, 11) is 0.815. The highest BCUT2D eigenvalue weighted by Gasteiger charge is 1.89. The van der Waals surface area contributed by atoms with Crippen LogP contribution in [0, 0.1) is 0 Å². The Morgan fingerprint density at radius 3 is 2.25 bits per heavy atom. The molecule has 8 heavy (non-hydrogen) atoms. The van der Waals surface area contributed by atoms with Gasteiger partial charge >= 0.3 is 0 Å². The third-order valence-corrected chi connectivity index (χ3v) is 1.25. The van der Waals surface area contributed by atoms with Crippen LogP contribution >= 0.6 is 0 Å². The highest BCUT2D eigenvalue weighted by molar-refractivity contribution is 6.39. The molecule has 0 saturated heterocycles. The Balaban J connectivity index is 4.13. The van der Waals surface area contributed by atoms with E-state index in [4.69, 9.17) is 5.21 Å². The van der Waals surface area contributed by atoms with Crippen LogP contribution in [-0.2, 0) is 0 Å². The highest BCUT2D eigenvalue weighted by Crippen LogP contribution is 1.87. The van der Waals surface area contributed by atoms with Crippen molar-refractivity contribution in [3.63, 3.8) is 0 Å². The van der Waals surface area contributed by atoms with Gasteiger partial charge in [-0.3, -0.25) is 0 Å². The number of nitrogens with zero attached hydrogens (tertiary/aromatic N) is 1. The van der Waals surface area contributed by atoms with Gasteiger partial charge in [0.25, 0.3) is 0 Å². The van der Waals surface area contributed by atoms with Gasteiger partial charge in [-0.1, -0.05) is 18.3 Å². The molecule has 0 unspecified atom stereocenters. The van der Waals surface area contributed by atoms with E-state index in [2.05, 4.69) is 18.3 Å². The Labute approximate surface area is 51.6 Å². The van der Waals surface area contributed by atoms with Crippen molar-refractivity contribution in [2.75, 3.05) is 0 Å². The van der Waals surface area contributed by atoms with E-state index in [-0.39, 0.29) is 0 Å². The predicted octanol–water partition coefficient (Wildman–Crippen LogP) is -0.118. The Kier molecular flexibility index (Phi) is 2.87. The van der Waals surface area contributed by atoms with Crippen LogP contribution in [0.1, 0.15) is 0 Å². The standard InChI is InChI=1S/C5H9NOSi/c1-3-5(6-7)4(2)8/h3,7H,1-2H2,8H3. The molecule has 0 aromatic rings. The van der Waals surface area contributed by atoms with Gasteiger partial charge in [0.2, 0.25) is 0 Å². The molecule has 0 aromatic heterocycles. The molecule has 0 atom stereocenters. The second kappa shape index (κ2) is 3.21. The van der Waals surface area contributed by atoms with Crippen molar-refractivity contribution in [2.45, 2.75) is 0 Å². The lowest BCUT2D eigenvalue weighted by molar-refractivity contribution is 0.320. The quantitative estimate of drug-likeness (QED) is 0.238. The third kappa shape index (κ3) is 1.75. The molecule has 0 heterocycles. The van der Waals surface area contributed by atoms with Gasteiger partial charge in [-0.2, -0.15) is 0 Å². The summed E-state index contributed by atoms with van der Waals surface area (Å²) in [6.45, 7) is 7.02. The maximum absolute atomic E-state index is 8.17. The van der Waals surface area contributed by atoms with Crippen molar-refractivity contribution in [3.8, 4) is 0 Å². The van der Waals surface area contributed by atoms with E-state index in [0.717, 1.165) is 15.4 Å². The highest BCUT2D eigenvalue weighted by atomic mass is 28.1. The van der Waals surface area contributed by atoms with E-state index in [0.29, 0.717) is 5.71 Å². The van der Waals surface area contributed by atoms with Gasteiger partial charge in [-0.15, -0.1) is 0 Å². The monoisotopic (exact) mass is 127 g/mol. The second-order valence-electron chi connectivity index (χ2n) is 1.47. The number of hydrogen-bond donors (Lipinski definition) is 1. The van der Waals surface area contributed by atoms with Gasteiger partial charge < -0.3 is 5.21 Å².